The summed E-state index contributed by atoms with van der Waals surface area (Å²) in [7, 11) is 0. The van der Waals surface area contributed by atoms with Crippen molar-refractivity contribution < 1.29 is 4.39 Å². The highest BCUT2D eigenvalue weighted by Gasteiger charge is 2.19. The van der Waals surface area contributed by atoms with E-state index >= 15 is 0 Å². The lowest BCUT2D eigenvalue weighted by atomic mass is 10.0. The van der Waals surface area contributed by atoms with Crippen molar-refractivity contribution in [2.24, 2.45) is 0 Å². The molecule has 0 aliphatic rings. The lowest BCUT2D eigenvalue weighted by molar-refractivity contribution is 0.514. The number of rotatable bonds is 6. The zero-order chi connectivity index (χ0) is 15.4. The van der Waals surface area contributed by atoms with Crippen LogP contribution in [0, 0.1) is 5.82 Å². The lowest BCUT2D eigenvalue weighted by Gasteiger charge is -2.19. The van der Waals surface area contributed by atoms with Crippen molar-refractivity contribution >= 4 is 46.1 Å². The number of halogens is 4. The normalized spacial score (nSPS) is 12.6. The van der Waals surface area contributed by atoms with Gasteiger partial charge < -0.3 is 5.32 Å². The van der Waals surface area contributed by atoms with Gasteiger partial charge in [-0.25, -0.2) is 4.39 Å². The first kappa shape index (κ1) is 17.0. The van der Waals surface area contributed by atoms with Gasteiger partial charge in [0.05, 0.1) is 8.67 Å². The highest BCUT2D eigenvalue weighted by molar-refractivity contribution is 7.20. The highest BCUT2D eigenvalue weighted by atomic mass is 35.5. The molecular formula is C15H15Cl3FNS. The van der Waals surface area contributed by atoms with Crippen LogP contribution in [0.2, 0.25) is 13.7 Å². The average Bonchev–Trinajstić information content (AvgIpc) is 2.76. The summed E-state index contributed by atoms with van der Waals surface area (Å²) in [5.74, 6) is -0.303. The molecule has 1 aromatic heterocycles. The van der Waals surface area contributed by atoms with Gasteiger partial charge in [-0.1, -0.05) is 47.8 Å². The van der Waals surface area contributed by atoms with Crippen LogP contribution in [0.4, 0.5) is 4.39 Å². The molecule has 0 aliphatic heterocycles. The largest absolute Gasteiger partial charge is 0.310 e. The Bertz CT molecular complexity index is 615. The second-order valence-electron chi connectivity index (χ2n) is 4.73. The van der Waals surface area contributed by atoms with Crippen LogP contribution < -0.4 is 5.32 Å². The lowest BCUT2D eigenvalue weighted by Crippen LogP contribution is -2.24. The Hall–Kier alpha value is -0.320. The average molecular weight is 367 g/mol. The minimum atomic E-state index is -0.303. The molecule has 2 rings (SSSR count). The summed E-state index contributed by atoms with van der Waals surface area (Å²) < 4.78 is 15.3. The number of hydrogen-bond donors (Lipinski definition) is 1. The van der Waals surface area contributed by atoms with Gasteiger partial charge in [0.25, 0.3) is 0 Å². The zero-order valence-corrected chi connectivity index (χ0v) is 14.5. The van der Waals surface area contributed by atoms with Crippen molar-refractivity contribution in [2.45, 2.75) is 25.8 Å². The van der Waals surface area contributed by atoms with Crippen LogP contribution >= 0.6 is 46.1 Å². The maximum absolute atomic E-state index is 14.0. The molecule has 21 heavy (non-hydrogen) atoms. The van der Waals surface area contributed by atoms with E-state index in [0.717, 1.165) is 18.5 Å². The molecule has 1 unspecified atom stereocenters. The summed E-state index contributed by atoms with van der Waals surface area (Å²) >= 11 is 19.4. The molecule has 1 heterocycles. The Morgan fingerprint density at radius 3 is 2.57 bits per heavy atom. The van der Waals surface area contributed by atoms with Crippen molar-refractivity contribution in [2.75, 3.05) is 6.54 Å². The van der Waals surface area contributed by atoms with Gasteiger partial charge in [0.15, 0.2) is 0 Å². The van der Waals surface area contributed by atoms with Gasteiger partial charge in [0, 0.05) is 16.6 Å². The molecule has 0 aliphatic carbocycles. The fourth-order valence-electron chi connectivity index (χ4n) is 2.11. The smallest absolute Gasteiger partial charge is 0.127 e. The summed E-state index contributed by atoms with van der Waals surface area (Å²) in [5, 5.41) is 3.79. The van der Waals surface area contributed by atoms with Crippen LogP contribution in [0.1, 0.15) is 30.5 Å². The quantitative estimate of drug-likeness (QED) is 0.648. The number of nitrogens with one attached hydrogen (secondary N) is 1. The van der Waals surface area contributed by atoms with Gasteiger partial charge in [-0.3, -0.25) is 0 Å². The minimum absolute atomic E-state index is 0.0723. The van der Waals surface area contributed by atoms with Gasteiger partial charge in [-0.05, 0) is 43.1 Å². The van der Waals surface area contributed by atoms with E-state index in [0.29, 0.717) is 25.7 Å². The minimum Gasteiger partial charge on any atom is -0.310 e. The van der Waals surface area contributed by atoms with Gasteiger partial charge in [0.2, 0.25) is 0 Å². The van der Waals surface area contributed by atoms with E-state index in [2.05, 4.69) is 12.2 Å². The van der Waals surface area contributed by atoms with Gasteiger partial charge in [0.1, 0.15) is 5.82 Å². The molecule has 0 saturated carbocycles. The van der Waals surface area contributed by atoms with Crippen molar-refractivity contribution in [3.63, 3.8) is 0 Å². The van der Waals surface area contributed by atoms with E-state index in [1.54, 1.807) is 12.1 Å². The van der Waals surface area contributed by atoms with E-state index in [9.17, 15) is 4.39 Å². The van der Waals surface area contributed by atoms with E-state index in [-0.39, 0.29) is 11.9 Å². The summed E-state index contributed by atoms with van der Waals surface area (Å²) in [6.07, 6.45) is 1.48. The molecule has 1 N–H and O–H groups in total. The van der Waals surface area contributed by atoms with Crippen LogP contribution in [0.25, 0.3) is 0 Å². The third kappa shape index (κ3) is 4.57. The van der Waals surface area contributed by atoms with Gasteiger partial charge in [-0.2, -0.15) is 0 Å². The summed E-state index contributed by atoms with van der Waals surface area (Å²) in [6.45, 7) is 2.90. The monoisotopic (exact) mass is 365 g/mol. The van der Waals surface area contributed by atoms with Crippen LogP contribution in [0.3, 0.4) is 0 Å². The summed E-state index contributed by atoms with van der Waals surface area (Å²) in [6, 6.07) is 6.50. The van der Waals surface area contributed by atoms with Crippen LogP contribution in [0.15, 0.2) is 24.3 Å². The Kier molecular flexibility index (Phi) is 6.33. The highest BCUT2D eigenvalue weighted by Crippen LogP contribution is 2.36. The van der Waals surface area contributed by atoms with Crippen LogP contribution in [0.5, 0.6) is 0 Å². The molecule has 2 aromatic rings. The van der Waals surface area contributed by atoms with Crippen molar-refractivity contribution in [1.82, 2.24) is 5.32 Å². The predicted octanol–water partition coefficient (Wildman–Crippen LogP) is 6.13. The molecule has 0 saturated heterocycles. The standard InChI is InChI=1S/C15H15Cl3FNS/c1-2-5-20-13(11-8-14(17)21-15(11)18)6-9-3-4-10(16)7-12(9)19/h3-4,7-8,13,20H,2,5-6H2,1H3. The first-order valence-corrected chi connectivity index (χ1v) is 8.58. The fourth-order valence-corrected chi connectivity index (χ4v) is 3.85. The molecule has 0 amide bonds. The third-order valence-electron chi connectivity index (χ3n) is 3.14. The Morgan fingerprint density at radius 2 is 2.00 bits per heavy atom. The van der Waals surface area contributed by atoms with E-state index in [4.69, 9.17) is 34.8 Å². The Labute approximate surface area is 143 Å². The SMILES string of the molecule is CCCNC(Cc1ccc(Cl)cc1F)c1cc(Cl)sc1Cl. The molecule has 0 fully saturated rings. The van der Waals surface area contributed by atoms with Crippen LogP contribution in [-0.2, 0) is 6.42 Å². The first-order valence-electron chi connectivity index (χ1n) is 6.63. The molecule has 1 nitrogen and oxygen atoms in total. The molecular weight excluding hydrogens is 352 g/mol. The van der Waals surface area contributed by atoms with Gasteiger partial charge >= 0.3 is 0 Å². The zero-order valence-electron chi connectivity index (χ0n) is 11.4. The van der Waals surface area contributed by atoms with Gasteiger partial charge in [-0.15, -0.1) is 11.3 Å². The number of benzene rings is 1. The summed E-state index contributed by atoms with van der Waals surface area (Å²) in [4.78, 5) is 0. The number of thiophene rings is 1. The molecule has 6 heteroatoms. The van der Waals surface area contributed by atoms with E-state index in [1.807, 2.05) is 6.07 Å². The summed E-state index contributed by atoms with van der Waals surface area (Å²) in [5.41, 5.74) is 1.51. The Morgan fingerprint density at radius 1 is 1.24 bits per heavy atom. The third-order valence-corrected chi connectivity index (χ3v) is 4.89. The maximum Gasteiger partial charge on any atom is 0.127 e. The topological polar surface area (TPSA) is 12.0 Å². The Balaban J connectivity index is 2.26. The molecule has 114 valence electrons. The van der Waals surface area contributed by atoms with E-state index < -0.39 is 0 Å². The second-order valence-corrected chi connectivity index (χ2v) is 7.45. The van der Waals surface area contributed by atoms with Crippen molar-refractivity contribution in [3.05, 3.63) is 54.9 Å². The van der Waals surface area contributed by atoms with Crippen molar-refractivity contribution in [3.8, 4) is 0 Å². The van der Waals surface area contributed by atoms with Crippen molar-refractivity contribution in [1.29, 1.82) is 0 Å². The van der Waals surface area contributed by atoms with Crippen LogP contribution in [-0.4, -0.2) is 6.54 Å². The first-order chi connectivity index (χ1) is 10.0. The molecule has 0 spiro atoms. The second kappa shape index (κ2) is 7.80. The molecule has 1 atom stereocenters. The molecule has 0 radical (unpaired) electrons. The number of hydrogen-bond acceptors (Lipinski definition) is 2. The maximum atomic E-state index is 14.0. The van der Waals surface area contributed by atoms with E-state index in [1.165, 1.54) is 17.4 Å². The fraction of sp³-hybridized carbons (Fsp3) is 0.333. The predicted molar refractivity (Wildman–Crippen MR) is 90.5 cm³/mol. The molecule has 1 aromatic carbocycles. The molecule has 0 bridgehead atoms.